The van der Waals surface area contributed by atoms with Crippen molar-refractivity contribution >= 4 is 11.0 Å². The molecule has 100 valence electrons. The standard InChI is InChI=1S/C13H16N4O2/c1-10-15-12-11(3-2-4-14-12)13(18)17(10)9-16-5-7-19-8-6-16/h2-4H,5-9H2,1H3. The highest BCUT2D eigenvalue weighted by Crippen LogP contribution is 2.06. The van der Waals surface area contributed by atoms with Crippen molar-refractivity contribution in [2.45, 2.75) is 13.6 Å². The minimum atomic E-state index is -0.0258. The quantitative estimate of drug-likeness (QED) is 0.781. The molecular weight excluding hydrogens is 244 g/mol. The third kappa shape index (κ3) is 2.36. The first-order valence-corrected chi connectivity index (χ1v) is 6.38. The summed E-state index contributed by atoms with van der Waals surface area (Å²) in [5, 5.41) is 0.571. The zero-order chi connectivity index (χ0) is 13.2. The van der Waals surface area contributed by atoms with E-state index >= 15 is 0 Å². The molecule has 2 aromatic rings. The maximum absolute atomic E-state index is 12.4. The zero-order valence-electron chi connectivity index (χ0n) is 10.9. The summed E-state index contributed by atoms with van der Waals surface area (Å²) in [5.41, 5.74) is 0.491. The van der Waals surface area contributed by atoms with Crippen LogP contribution in [-0.2, 0) is 11.4 Å². The second kappa shape index (κ2) is 5.07. The fourth-order valence-corrected chi connectivity index (χ4v) is 2.27. The molecule has 0 N–H and O–H groups in total. The number of morpholine rings is 1. The average Bonchev–Trinajstić information content (AvgIpc) is 2.45. The normalized spacial score (nSPS) is 16.9. The van der Waals surface area contributed by atoms with Gasteiger partial charge in [-0.3, -0.25) is 14.3 Å². The number of aromatic nitrogens is 3. The molecule has 0 aliphatic carbocycles. The Morgan fingerprint density at radius 1 is 1.37 bits per heavy atom. The Morgan fingerprint density at radius 2 is 2.16 bits per heavy atom. The van der Waals surface area contributed by atoms with Crippen molar-refractivity contribution in [2.24, 2.45) is 0 Å². The lowest BCUT2D eigenvalue weighted by atomic mass is 10.3. The molecule has 1 aliphatic heterocycles. The predicted molar refractivity (Wildman–Crippen MR) is 70.9 cm³/mol. The molecule has 2 aromatic heterocycles. The van der Waals surface area contributed by atoms with E-state index in [2.05, 4.69) is 14.9 Å². The summed E-state index contributed by atoms with van der Waals surface area (Å²) < 4.78 is 7.02. The van der Waals surface area contributed by atoms with Crippen molar-refractivity contribution in [1.29, 1.82) is 0 Å². The first kappa shape index (κ1) is 12.3. The van der Waals surface area contributed by atoms with Gasteiger partial charge in [-0.2, -0.15) is 0 Å². The third-order valence-corrected chi connectivity index (χ3v) is 3.37. The monoisotopic (exact) mass is 260 g/mol. The molecule has 1 saturated heterocycles. The molecule has 3 rings (SSSR count). The molecule has 0 atom stereocenters. The van der Waals surface area contributed by atoms with Crippen LogP contribution in [0.1, 0.15) is 5.82 Å². The number of rotatable bonds is 2. The average molecular weight is 260 g/mol. The smallest absolute Gasteiger partial charge is 0.264 e. The molecule has 0 bridgehead atoms. The number of pyridine rings is 1. The van der Waals surface area contributed by atoms with Crippen molar-refractivity contribution in [3.63, 3.8) is 0 Å². The van der Waals surface area contributed by atoms with E-state index in [1.165, 1.54) is 0 Å². The van der Waals surface area contributed by atoms with Gasteiger partial charge in [0.15, 0.2) is 5.65 Å². The molecule has 0 spiro atoms. The Bertz CT molecular complexity index is 647. The number of nitrogens with zero attached hydrogens (tertiary/aromatic N) is 4. The molecule has 0 amide bonds. The Balaban J connectivity index is 2.00. The van der Waals surface area contributed by atoms with Crippen LogP contribution in [0.2, 0.25) is 0 Å². The van der Waals surface area contributed by atoms with E-state index in [1.54, 1.807) is 22.9 Å². The third-order valence-electron chi connectivity index (χ3n) is 3.37. The lowest BCUT2D eigenvalue weighted by Crippen LogP contribution is -2.40. The van der Waals surface area contributed by atoms with E-state index in [0.29, 0.717) is 23.5 Å². The van der Waals surface area contributed by atoms with Gasteiger partial charge in [0.2, 0.25) is 0 Å². The Kier molecular flexibility index (Phi) is 3.27. The Hall–Kier alpha value is -1.79. The molecule has 6 heteroatoms. The SMILES string of the molecule is Cc1nc2ncccc2c(=O)n1CN1CCOCC1. The van der Waals surface area contributed by atoms with Gasteiger partial charge in [0.25, 0.3) is 5.56 Å². The number of hydrogen-bond acceptors (Lipinski definition) is 5. The first-order valence-electron chi connectivity index (χ1n) is 6.38. The lowest BCUT2D eigenvalue weighted by Gasteiger charge is -2.27. The minimum absolute atomic E-state index is 0.0258. The van der Waals surface area contributed by atoms with E-state index in [4.69, 9.17) is 4.74 Å². The Labute approximate surface area is 110 Å². The molecule has 3 heterocycles. The summed E-state index contributed by atoms with van der Waals surface area (Å²) in [4.78, 5) is 23.2. The fraction of sp³-hybridized carbons (Fsp3) is 0.462. The summed E-state index contributed by atoms with van der Waals surface area (Å²) in [7, 11) is 0. The second-order valence-corrected chi connectivity index (χ2v) is 4.64. The molecule has 6 nitrogen and oxygen atoms in total. The maximum Gasteiger partial charge on any atom is 0.264 e. The highest BCUT2D eigenvalue weighted by atomic mass is 16.5. The molecular formula is C13H16N4O2. The van der Waals surface area contributed by atoms with Crippen molar-refractivity contribution in [2.75, 3.05) is 26.3 Å². The lowest BCUT2D eigenvalue weighted by molar-refractivity contribution is 0.0224. The van der Waals surface area contributed by atoms with Gasteiger partial charge in [-0.05, 0) is 19.1 Å². The summed E-state index contributed by atoms with van der Waals surface area (Å²) in [5.74, 6) is 0.697. The van der Waals surface area contributed by atoms with E-state index < -0.39 is 0 Å². The van der Waals surface area contributed by atoms with Gasteiger partial charge in [0.1, 0.15) is 5.82 Å². The fourth-order valence-electron chi connectivity index (χ4n) is 2.27. The van der Waals surface area contributed by atoms with Gasteiger partial charge < -0.3 is 4.74 Å². The zero-order valence-corrected chi connectivity index (χ0v) is 10.9. The van der Waals surface area contributed by atoms with Gasteiger partial charge in [-0.15, -0.1) is 0 Å². The topological polar surface area (TPSA) is 60.2 Å². The molecule has 1 fully saturated rings. The Morgan fingerprint density at radius 3 is 2.95 bits per heavy atom. The number of hydrogen-bond donors (Lipinski definition) is 0. The van der Waals surface area contributed by atoms with E-state index in [-0.39, 0.29) is 5.56 Å². The van der Waals surface area contributed by atoms with Crippen LogP contribution in [0, 0.1) is 6.92 Å². The van der Waals surface area contributed by atoms with Crippen LogP contribution in [0.25, 0.3) is 11.0 Å². The summed E-state index contributed by atoms with van der Waals surface area (Å²) >= 11 is 0. The molecule has 19 heavy (non-hydrogen) atoms. The first-order chi connectivity index (χ1) is 9.25. The van der Waals surface area contributed by atoms with E-state index in [1.807, 2.05) is 6.92 Å². The van der Waals surface area contributed by atoms with Crippen LogP contribution in [0.3, 0.4) is 0 Å². The van der Waals surface area contributed by atoms with Gasteiger partial charge in [-0.25, -0.2) is 9.97 Å². The van der Waals surface area contributed by atoms with Gasteiger partial charge in [0, 0.05) is 19.3 Å². The van der Waals surface area contributed by atoms with Crippen molar-refractivity contribution < 1.29 is 4.74 Å². The summed E-state index contributed by atoms with van der Waals surface area (Å²) in [6.45, 7) is 5.53. The molecule has 0 unspecified atom stereocenters. The largest absolute Gasteiger partial charge is 0.379 e. The molecule has 0 radical (unpaired) electrons. The number of fused-ring (bicyclic) bond motifs is 1. The highest BCUT2D eigenvalue weighted by molar-refractivity contribution is 5.72. The second-order valence-electron chi connectivity index (χ2n) is 4.64. The van der Waals surface area contributed by atoms with Crippen LogP contribution in [0.5, 0.6) is 0 Å². The highest BCUT2D eigenvalue weighted by Gasteiger charge is 2.14. The molecule has 1 aliphatic rings. The summed E-state index contributed by atoms with van der Waals surface area (Å²) in [6, 6.07) is 3.53. The van der Waals surface area contributed by atoms with Gasteiger partial charge >= 0.3 is 0 Å². The van der Waals surface area contributed by atoms with Crippen LogP contribution in [0.4, 0.5) is 0 Å². The molecule has 0 aromatic carbocycles. The predicted octanol–water partition coefficient (Wildman–Crippen LogP) is 0.390. The number of aryl methyl sites for hydroxylation is 1. The van der Waals surface area contributed by atoms with Crippen LogP contribution in [0.15, 0.2) is 23.1 Å². The maximum atomic E-state index is 12.4. The van der Waals surface area contributed by atoms with Crippen LogP contribution < -0.4 is 5.56 Å². The van der Waals surface area contributed by atoms with E-state index in [0.717, 1.165) is 26.3 Å². The van der Waals surface area contributed by atoms with Crippen LogP contribution in [-0.4, -0.2) is 45.7 Å². The van der Waals surface area contributed by atoms with Crippen molar-refractivity contribution in [3.05, 3.63) is 34.5 Å². The van der Waals surface area contributed by atoms with Crippen LogP contribution >= 0.6 is 0 Å². The minimum Gasteiger partial charge on any atom is -0.379 e. The molecule has 0 saturated carbocycles. The van der Waals surface area contributed by atoms with E-state index in [9.17, 15) is 4.79 Å². The van der Waals surface area contributed by atoms with Crippen molar-refractivity contribution in [1.82, 2.24) is 19.4 Å². The van der Waals surface area contributed by atoms with Crippen molar-refractivity contribution in [3.8, 4) is 0 Å². The van der Waals surface area contributed by atoms with Gasteiger partial charge in [-0.1, -0.05) is 0 Å². The summed E-state index contributed by atoms with van der Waals surface area (Å²) in [6.07, 6.45) is 1.65. The number of ether oxygens (including phenoxy) is 1. The van der Waals surface area contributed by atoms with Gasteiger partial charge in [0.05, 0.1) is 25.3 Å².